The zero-order valence-electron chi connectivity index (χ0n) is 14.2. The molecular weight excluding hydrogens is 286 g/mol. The van der Waals surface area contributed by atoms with Crippen LogP contribution in [0.4, 0.5) is 0 Å². The maximum absolute atomic E-state index is 12.6. The number of benzene rings is 1. The summed E-state index contributed by atoms with van der Waals surface area (Å²) in [7, 11) is 0. The Morgan fingerprint density at radius 3 is 2.74 bits per heavy atom. The van der Waals surface area contributed by atoms with Gasteiger partial charge >= 0.3 is 0 Å². The molecule has 2 aromatic rings. The van der Waals surface area contributed by atoms with E-state index in [0.29, 0.717) is 12.5 Å². The van der Waals surface area contributed by atoms with Gasteiger partial charge in [0, 0.05) is 29.7 Å². The molecule has 1 fully saturated rings. The van der Waals surface area contributed by atoms with Crippen molar-refractivity contribution < 1.29 is 4.79 Å². The van der Waals surface area contributed by atoms with E-state index in [1.807, 2.05) is 42.2 Å². The number of carbonyl (C=O) groups excluding carboxylic acids is 1. The fourth-order valence-corrected chi connectivity index (χ4v) is 3.27. The van der Waals surface area contributed by atoms with Crippen molar-refractivity contribution in [3.63, 3.8) is 0 Å². The molecule has 0 aliphatic carbocycles. The lowest BCUT2D eigenvalue weighted by molar-refractivity contribution is 0.0407. The molecule has 4 heteroatoms. The fraction of sp³-hybridized carbons (Fsp3) is 0.474. The second-order valence-corrected chi connectivity index (χ2v) is 7.51. The first kappa shape index (κ1) is 15.9. The molecular formula is C19H25N3O. The molecule has 0 spiro atoms. The third-order valence-electron chi connectivity index (χ3n) is 4.71. The summed E-state index contributed by atoms with van der Waals surface area (Å²) in [5, 5.41) is 1.02. The van der Waals surface area contributed by atoms with E-state index in [0.717, 1.165) is 41.7 Å². The summed E-state index contributed by atoms with van der Waals surface area (Å²) in [5.41, 5.74) is 8.63. The Labute approximate surface area is 137 Å². The van der Waals surface area contributed by atoms with Crippen LogP contribution in [0.15, 0.2) is 30.3 Å². The quantitative estimate of drug-likeness (QED) is 0.944. The maximum Gasteiger partial charge on any atom is 0.253 e. The summed E-state index contributed by atoms with van der Waals surface area (Å²) in [6.45, 7) is 8.72. The maximum atomic E-state index is 12.6. The highest BCUT2D eigenvalue weighted by atomic mass is 16.2. The van der Waals surface area contributed by atoms with Crippen molar-refractivity contribution in [3.05, 3.63) is 41.6 Å². The Hall–Kier alpha value is -1.94. The van der Waals surface area contributed by atoms with Gasteiger partial charge in [0.2, 0.25) is 0 Å². The highest BCUT2D eigenvalue weighted by Gasteiger charge is 2.34. The van der Waals surface area contributed by atoms with Gasteiger partial charge < -0.3 is 10.6 Å². The third-order valence-corrected chi connectivity index (χ3v) is 4.71. The van der Waals surface area contributed by atoms with Crippen LogP contribution in [0.2, 0.25) is 0 Å². The molecule has 122 valence electrons. The van der Waals surface area contributed by atoms with Gasteiger partial charge in [0.05, 0.1) is 5.52 Å². The topological polar surface area (TPSA) is 59.2 Å². The van der Waals surface area contributed by atoms with Crippen LogP contribution in [0.25, 0.3) is 10.9 Å². The van der Waals surface area contributed by atoms with Crippen molar-refractivity contribution in [1.29, 1.82) is 0 Å². The molecule has 0 atom stereocenters. The average Bonchev–Trinajstić information content (AvgIpc) is 2.49. The van der Waals surface area contributed by atoms with Gasteiger partial charge in [0.1, 0.15) is 0 Å². The van der Waals surface area contributed by atoms with Crippen LogP contribution in [-0.4, -0.2) is 35.4 Å². The molecule has 1 aliphatic rings. The minimum atomic E-state index is 0.120. The fourth-order valence-electron chi connectivity index (χ4n) is 3.27. The van der Waals surface area contributed by atoms with Crippen LogP contribution in [0, 0.1) is 18.3 Å². The van der Waals surface area contributed by atoms with Crippen LogP contribution in [-0.2, 0) is 0 Å². The van der Waals surface area contributed by atoms with E-state index < -0.39 is 0 Å². The Bertz CT molecular complexity index is 732. The van der Waals surface area contributed by atoms with Gasteiger partial charge in [-0.05, 0) is 55.5 Å². The SMILES string of the molecule is Cc1ccc2cc(C(=O)N3CC(CC(C)(C)CN)C3)ccc2n1. The third kappa shape index (κ3) is 3.37. The lowest BCUT2D eigenvalue weighted by atomic mass is 9.79. The Balaban J connectivity index is 1.67. The van der Waals surface area contributed by atoms with Gasteiger partial charge in [-0.1, -0.05) is 19.9 Å². The number of fused-ring (bicyclic) bond motifs is 1. The Morgan fingerprint density at radius 1 is 1.30 bits per heavy atom. The standard InChI is InChI=1S/C19H25N3O/c1-13-4-5-15-8-16(6-7-17(15)21-13)18(23)22-10-14(11-22)9-19(2,3)12-20/h4-8,14H,9-12,20H2,1-3H3. The Morgan fingerprint density at radius 2 is 2.04 bits per heavy atom. The van der Waals surface area contributed by atoms with E-state index in [9.17, 15) is 4.79 Å². The van der Waals surface area contributed by atoms with Crippen molar-refractivity contribution in [2.45, 2.75) is 27.2 Å². The number of likely N-dealkylation sites (tertiary alicyclic amines) is 1. The molecule has 1 aromatic carbocycles. The first-order valence-electron chi connectivity index (χ1n) is 8.25. The van der Waals surface area contributed by atoms with Crippen molar-refractivity contribution in [2.24, 2.45) is 17.1 Å². The molecule has 1 aromatic heterocycles. The number of rotatable bonds is 4. The second-order valence-electron chi connectivity index (χ2n) is 7.51. The number of nitrogens with zero attached hydrogens (tertiary/aromatic N) is 2. The van der Waals surface area contributed by atoms with Crippen molar-refractivity contribution in [1.82, 2.24) is 9.88 Å². The number of hydrogen-bond acceptors (Lipinski definition) is 3. The Kier molecular flexibility index (Phi) is 4.11. The predicted molar refractivity (Wildman–Crippen MR) is 93.3 cm³/mol. The molecule has 3 rings (SSSR count). The van der Waals surface area contributed by atoms with E-state index in [-0.39, 0.29) is 11.3 Å². The largest absolute Gasteiger partial charge is 0.338 e. The summed E-state index contributed by atoms with van der Waals surface area (Å²) in [5.74, 6) is 0.691. The number of hydrogen-bond donors (Lipinski definition) is 1. The van der Waals surface area contributed by atoms with Crippen LogP contribution in [0.1, 0.15) is 36.3 Å². The number of aryl methyl sites for hydroxylation is 1. The summed E-state index contributed by atoms with van der Waals surface area (Å²) in [4.78, 5) is 19.0. The second kappa shape index (κ2) is 5.93. The summed E-state index contributed by atoms with van der Waals surface area (Å²) in [6.07, 6.45) is 1.08. The van der Waals surface area contributed by atoms with Crippen molar-refractivity contribution >= 4 is 16.8 Å². The minimum absolute atomic E-state index is 0.120. The van der Waals surface area contributed by atoms with Crippen LogP contribution in [0.5, 0.6) is 0 Å². The minimum Gasteiger partial charge on any atom is -0.338 e. The molecule has 23 heavy (non-hydrogen) atoms. The van der Waals surface area contributed by atoms with Gasteiger partial charge in [0.25, 0.3) is 5.91 Å². The zero-order valence-corrected chi connectivity index (χ0v) is 14.2. The highest BCUT2D eigenvalue weighted by molar-refractivity contribution is 5.98. The van der Waals surface area contributed by atoms with E-state index in [2.05, 4.69) is 18.8 Å². The van der Waals surface area contributed by atoms with Crippen molar-refractivity contribution in [3.8, 4) is 0 Å². The zero-order chi connectivity index (χ0) is 16.6. The molecule has 0 saturated carbocycles. The van der Waals surface area contributed by atoms with E-state index >= 15 is 0 Å². The number of carbonyl (C=O) groups is 1. The molecule has 4 nitrogen and oxygen atoms in total. The normalized spacial score (nSPS) is 15.7. The highest BCUT2D eigenvalue weighted by Crippen LogP contribution is 2.31. The van der Waals surface area contributed by atoms with Gasteiger partial charge in [0.15, 0.2) is 0 Å². The number of nitrogens with two attached hydrogens (primary N) is 1. The first-order valence-corrected chi connectivity index (χ1v) is 8.25. The van der Waals surface area contributed by atoms with Gasteiger partial charge in [-0.15, -0.1) is 0 Å². The van der Waals surface area contributed by atoms with Gasteiger partial charge in [-0.25, -0.2) is 0 Å². The molecule has 0 bridgehead atoms. The molecule has 1 saturated heterocycles. The first-order chi connectivity index (χ1) is 10.9. The molecule has 2 N–H and O–H groups in total. The summed E-state index contributed by atoms with van der Waals surface area (Å²) >= 11 is 0. The number of amides is 1. The van der Waals surface area contributed by atoms with Crippen LogP contribution in [0.3, 0.4) is 0 Å². The number of aromatic nitrogens is 1. The summed E-state index contributed by atoms with van der Waals surface area (Å²) in [6, 6.07) is 9.77. The van der Waals surface area contributed by atoms with Crippen molar-refractivity contribution in [2.75, 3.05) is 19.6 Å². The molecule has 0 unspecified atom stereocenters. The molecule has 2 heterocycles. The smallest absolute Gasteiger partial charge is 0.253 e. The predicted octanol–water partition coefficient (Wildman–Crippen LogP) is 2.99. The van der Waals surface area contributed by atoms with Crippen LogP contribution >= 0.6 is 0 Å². The van der Waals surface area contributed by atoms with Gasteiger partial charge in [-0.3, -0.25) is 9.78 Å². The average molecular weight is 311 g/mol. The van der Waals surface area contributed by atoms with E-state index in [1.54, 1.807) is 0 Å². The lowest BCUT2D eigenvalue weighted by Crippen LogP contribution is -2.51. The summed E-state index contributed by atoms with van der Waals surface area (Å²) < 4.78 is 0. The molecule has 1 aliphatic heterocycles. The van der Waals surface area contributed by atoms with Crippen LogP contribution < -0.4 is 5.73 Å². The molecule has 0 radical (unpaired) electrons. The molecule has 1 amide bonds. The van der Waals surface area contributed by atoms with E-state index in [1.165, 1.54) is 0 Å². The monoisotopic (exact) mass is 311 g/mol. The lowest BCUT2D eigenvalue weighted by Gasteiger charge is -2.42. The van der Waals surface area contributed by atoms with Gasteiger partial charge in [-0.2, -0.15) is 0 Å². The number of pyridine rings is 1. The van der Waals surface area contributed by atoms with E-state index in [4.69, 9.17) is 5.73 Å².